The van der Waals surface area contributed by atoms with Gasteiger partial charge in [0.25, 0.3) is 0 Å². The number of fused-ring (bicyclic) bond motifs is 1. The summed E-state index contributed by atoms with van der Waals surface area (Å²) in [4.78, 5) is 28.3. The highest BCUT2D eigenvalue weighted by molar-refractivity contribution is 5.93. The summed E-state index contributed by atoms with van der Waals surface area (Å²) in [6.07, 6.45) is 1.60. The zero-order valence-electron chi connectivity index (χ0n) is 18.7. The number of hydrogen-bond donors (Lipinski definition) is 2. The number of benzene rings is 2. The Morgan fingerprint density at radius 1 is 1.03 bits per heavy atom. The SMILES string of the molecule is CCN(c1ccccc1)c1ncnc2[nH]c(-c3ccc(CNC(=O)CN(C)C)cc3)cc12. The Morgan fingerprint density at radius 3 is 2.47 bits per heavy atom. The van der Waals surface area contributed by atoms with Gasteiger partial charge in [-0.25, -0.2) is 9.97 Å². The van der Waals surface area contributed by atoms with Gasteiger partial charge in [0, 0.05) is 24.5 Å². The van der Waals surface area contributed by atoms with Gasteiger partial charge in [-0.05, 0) is 50.3 Å². The number of likely N-dealkylation sites (N-methyl/N-ethyl adjacent to an activating group) is 1. The highest BCUT2D eigenvalue weighted by Gasteiger charge is 2.15. The van der Waals surface area contributed by atoms with Gasteiger partial charge in [0.05, 0.1) is 11.9 Å². The Kier molecular flexibility index (Phi) is 6.47. The molecular weight excluding hydrogens is 400 g/mol. The van der Waals surface area contributed by atoms with Crippen molar-refractivity contribution in [2.24, 2.45) is 0 Å². The minimum atomic E-state index is 0.0136. The number of hydrogen-bond acceptors (Lipinski definition) is 5. The summed E-state index contributed by atoms with van der Waals surface area (Å²) in [5, 5.41) is 3.92. The predicted molar refractivity (Wildman–Crippen MR) is 129 cm³/mol. The predicted octanol–water partition coefficient (Wildman–Crippen LogP) is 3.96. The van der Waals surface area contributed by atoms with Crippen LogP contribution in [0.4, 0.5) is 11.5 Å². The van der Waals surface area contributed by atoms with E-state index in [9.17, 15) is 4.79 Å². The van der Waals surface area contributed by atoms with E-state index in [1.807, 2.05) is 49.3 Å². The lowest BCUT2D eigenvalue weighted by molar-refractivity contribution is -0.121. The van der Waals surface area contributed by atoms with Crippen molar-refractivity contribution >= 4 is 28.4 Å². The molecule has 0 aliphatic rings. The fraction of sp³-hybridized carbons (Fsp3) is 0.240. The number of nitrogens with one attached hydrogen (secondary N) is 2. The van der Waals surface area contributed by atoms with Crippen LogP contribution in [0.1, 0.15) is 12.5 Å². The number of amides is 1. The standard InChI is InChI=1S/C25H28N6O/c1-4-31(20-8-6-5-7-9-20)25-21-14-22(29-24(21)27-17-28-25)19-12-10-18(11-13-19)15-26-23(32)16-30(2)3/h5-14,17H,4,15-16H2,1-3H3,(H,26,32)(H,27,28,29). The van der Waals surface area contributed by atoms with Crippen LogP contribution in [0, 0.1) is 0 Å². The second kappa shape index (κ2) is 9.62. The third-order valence-corrected chi connectivity index (χ3v) is 5.26. The van der Waals surface area contributed by atoms with E-state index in [1.165, 1.54) is 0 Å². The number of anilines is 2. The second-order valence-electron chi connectivity index (χ2n) is 7.93. The van der Waals surface area contributed by atoms with E-state index in [1.54, 1.807) is 6.33 Å². The van der Waals surface area contributed by atoms with E-state index in [4.69, 9.17) is 0 Å². The maximum absolute atomic E-state index is 11.9. The monoisotopic (exact) mass is 428 g/mol. The van der Waals surface area contributed by atoms with Crippen LogP contribution >= 0.6 is 0 Å². The lowest BCUT2D eigenvalue weighted by atomic mass is 10.1. The molecule has 7 nitrogen and oxygen atoms in total. The number of nitrogens with zero attached hydrogens (tertiary/aromatic N) is 4. The van der Waals surface area contributed by atoms with Gasteiger partial charge in [-0.15, -0.1) is 0 Å². The van der Waals surface area contributed by atoms with Gasteiger partial charge in [-0.1, -0.05) is 42.5 Å². The maximum atomic E-state index is 11.9. The normalized spacial score (nSPS) is 11.1. The zero-order valence-corrected chi connectivity index (χ0v) is 18.7. The molecule has 0 aliphatic heterocycles. The molecule has 4 rings (SSSR count). The summed E-state index contributed by atoms with van der Waals surface area (Å²) in [5.41, 5.74) is 4.99. The van der Waals surface area contributed by atoms with Crippen molar-refractivity contribution in [3.63, 3.8) is 0 Å². The van der Waals surface area contributed by atoms with Crippen molar-refractivity contribution in [2.45, 2.75) is 13.5 Å². The number of para-hydroxylation sites is 1. The summed E-state index contributed by atoms with van der Waals surface area (Å²) < 4.78 is 0. The Morgan fingerprint density at radius 2 is 1.78 bits per heavy atom. The quantitative estimate of drug-likeness (QED) is 0.444. The van der Waals surface area contributed by atoms with Crippen LogP contribution in [-0.2, 0) is 11.3 Å². The molecule has 0 saturated heterocycles. The van der Waals surface area contributed by atoms with Gasteiger partial charge in [-0.2, -0.15) is 0 Å². The third-order valence-electron chi connectivity index (χ3n) is 5.26. The van der Waals surface area contributed by atoms with E-state index in [0.29, 0.717) is 13.1 Å². The van der Waals surface area contributed by atoms with E-state index >= 15 is 0 Å². The molecule has 2 aromatic heterocycles. The lowest BCUT2D eigenvalue weighted by Crippen LogP contribution is -2.32. The molecule has 2 heterocycles. The molecular formula is C25H28N6O. The molecule has 32 heavy (non-hydrogen) atoms. The van der Waals surface area contributed by atoms with Crippen LogP contribution in [0.5, 0.6) is 0 Å². The average Bonchev–Trinajstić information content (AvgIpc) is 3.24. The molecule has 4 aromatic rings. The molecule has 0 aliphatic carbocycles. The summed E-state index contributed by atoms with van der Waals surface area (Å²) >= 11 is 0. The molecule has 7 heteroatoms. The molecule has 0 spiro atoms. The van der Waals surface area contributed by atoms with Crippen molar-refractivity contribution in [3.05, 3.63) is 72.6 Å². The van der Waals surface area contributed by atoms with Gasteiger partial charge in [0.15, 0.2) is 0 Å². The van der Waals surface area contributed by atoms with Gasteiger partial charge >= 0.3 is 0 Å². The van der Waals surface area contributed by atoms with Crippen LogP contribution in [-0.4, -0.2) is 52.9 Å². The first-order valence-electron chi connectivity index (χ1n) is 10.7. The van der Waals surface area contributed by atoms with Gasteiger partial charge < -0.3 is 20.1 Å². The first kappa shape index (κ1) is 21.5. The minimum Gasteiger partial charge on any atom is -0.351 e. The van der Waals surface area contributed by atoms with Crippen molar-refractivity contribution < 1.29 is 4.79 Å². The Labute approximate surface area is 188 Å². The number of H-pyrrole nitrogens is 1. The first-order chi connectivity index (χ1) is 15.5. The van der Waals surface area contributed by atoms with Crippen molar-refractivity contribution in [3.8, 4) is 11.3 Å². The topological polar surface area (TPSA) is 77.1 Å². The lowest BCUT2D eigenvalue weighted by Gasteiger charge is -2.22. The van der Waals surface area contributed by atoms with Gasteiger partial charge in [-0.3, -0.25) is 4.79 Å². The molecule has 0 unspecified atom stereocenters. The second-order valence-corrected chi connectivity index (χ2v) is 7.93. The van der Waals surface area contributed by atoms with Gasteiger partial charge in [0.1, 0.15) is 17.8 Å². The van der Waals surface area contributed by atoms with Crippen molar-refractivity contribution in [1.29, 1.82) is 0 Å². The fourth-order valence-electron chi connectivity index (χ4n) is 3.71. The molecule has 2 N–H and O–H groups in total. The molecule has 0 atom stereocenters. The molecule has 0 saturated carbocycles. The third kappa shape index (κ3) is 4.78. The molecule has 0 bridgehead atoms. The van der Waals surface area contributed by atoms with Crippen LogP contribution in [0.3, 0.4) is 0 Å². The highest BCUT2D eigenvalue weighted by atomic mass is 16.2. The Balaban J connectivity index is 1.57. The van der Waals surface area contributed by atoms with Crippen LogP contribution in [0.15, 0.2) is 67.0 Å². The van der Waals surface area contributed by atoms with Crippen molar-refractivity contribution in [2.75, 3.05) is 32.1 Å². The summed E-state index contributed by atoms with van der Waals surface area (Å²) in [6.45, 7) is 3.81. The summed E-state index contributed by atoms with van der Waals surface area (Å²) in [5.74, 6) is 0.895. The van der Waals surface area contributed by atoms with E-state index in [-0.39, 0.29) is 5.91 Å². The summed E-state index contributed by atoms with van der Waals surface area (Å²) in [7, 11) is 3.76. The minimum absolute atomic E-state index is 0.0136. The highest BCUT2D eigenvalue weighted by Crippen LogP contribution is 2.32. The smallest absolute Gasteiger partial charge is 0.234 e. The summed E-state index contributed by atoms with van der Waals surface area (Å²) in [6, 6.07) is 20.5. The zero-order chi connectivity index (χ0) is 22.5. The number of aromatic nitrogens is 3. The van der Waals surface area contributed by atoms with Crippen molar-refractivity contribution in [1.82, 2.24) is 25.2 Å². The molecule has 2 aromatic carbocycles. The van der Waals surface area contributed by atoms with Crippen LogP contribution in [0.25, 0.3) is 22.3 Å². The van der Waals surface area contributed by atoms with Gasteiger partial charge in [0.2, 0.25) is 5.91 Å². The maximum Gasteiger partial charge on any atom is 0.234 e. The van der Waals surface area contributed by atoms with E-state index in [0.717, 1.165) is 45.9 Å². The molecule has 0 radical (unpaired) electrons. The Hall–Kier alpha value is -3.71. The number of carbonyl (C=O) groups excluding carboxylic acids is 1. The number of carbonyl (C=O) groups is 1. The van der Waals surface area contributed by atoms with Crippen LogP contribution in [0.2, 0.25) is 0 Å². The van der Waals surface area contributed by atoms with E-state index in [2.05, 4.69) is 62.4 Å². The van der Waals surface area contributed by atoms with Crippen LogP contribution < -0.4 is 10.2 Å². The first-order valence-corrected chi connectivity index (χ1v) is 10.7. The number of aromatic amines is 1. The fourth-order valence-corrected chi connectivity index (χ4v) is 3.71. The molecule has 1 amide bonds. The molecule has 0 fully saturated rings. The number of rotatable bonds is 8. The molecule has 164 valence electrons. The Bertz CT molecular complexity index is 1180. The van der Waals surface area contributed by atoms with E-state index < -0.39 is 0 Å². The average molecular weight is 429 g/mol. The largest absolute Gasteiger partial charge is 0.351 e.